The standard InChI is InChI=1S/C9H6FN3O4S2/c10-6-3-5(8(14)15)1-2-7(6)19(16,17)13-9-12-11-4-18-9/h1-4H,(H,12,13)(H,14,15). The van der Waals surface area contributed by atoms with Crippen molar-refractivity contribution in [3.8, 4) is 0 Å². The Morgan fingerprint density at radius 1 is 1.42 bits per heavy atom. The summed E-state index contributed by atoms with van der Waals surface area (Å²) in [5, 5.41) is 15.5. The quantitative estimate of drug-likeness (QED) is 0.877. The van der Waals surface area contributed by atoms with Crippen LogP contribution in [0.3, 0.4) is 0 Å². The molecule has 10 heteroatoms. The first-order valence-corrected chi connectivity index (χ1v) is 7.08. The number of anilines is 1. The fraction of sp³-hybridized carbons (Fsp3) is 0. The summed E-state index contributed by atoms with van der Waals surface area (Å²) in [5.74, 6) is -2.50. The number of nitrogens with zero attached hydrogens (tertiary/aromatic N) is 2. The topological polar surface area (TPSA) is 109 Å². The number of nitrogens with one attached hydrogen (secondary N) is 1. The zero-order valence-corrected chi connectivity index (χ0v) is 10.7. The van der Waals surface area contributed by atoms with Crippen molar-refractivity contribution < 1.29 is 22.7 Å². The predicted molar refractivity (Wildman–Crippen MR) is 64.1 cm³/mol. The molecule has 0 aliphatic carbocycles. The van der Waals surface area contributed by atoms with Crippen LogP contribution in [0.25, 0.3) is 0 Å². The minimum absolute atomic E-state index is 0.0123. The average molecular weight is 303 g/mol. The summed E-state index contributed by atoms with van der Waals surface area (Å²) < 4.78 is 39.3. The van der Waals surface area contributed by atoms with Crippen molar-refractivity contribution in [3.63, 3.8) is 0 Å². The lowest BCUT2D eigenvalue weighted by Gasteiger charge is -2.06. The Morgan fingerprint density at radius 2 is 2.16 bits per heavy atom. The number of hydrogen-bond acceptors (Lipinski definition) is 6. The van der Waals surface area contributed by atoms with Crippen LogP contribution in [0.15, 0.2) is 28.6 Å². The van der Waals surface area contributed by atoms with Crippen LogP contribution in [0.2, 0.25) is 0 Å². The number of hydrogen-bond donors (Lipinski definition) is 2. The third-order valence-electron chi connectivity index (χ3n) is 2.05. The number of carboxylic acid groups (broad SMARTS) is 1. The summed E-state index contributed by atoms with van der Waals surface area (Å²) >= 11 is 0.929. The van der Waals surface area contributed by atoms with Crippen LogP contribution in [-0.4, -0.2) is 29.7 Å². The van der Waals surface area contributed by atoms with Crippen molar-refractivity contribution >= 4 is 32.5 Å². The van der Waals surface area contributed by atoms with E-state index in [-0.39, 0.29) is 10.7 Å². The van der Waals surface area contributed by atoms with Gasteiger partial charge in [0.2, 0.25) is 5.13 Å². The van der Waals surface area contributed by atoms with Gasteiger partial charge in [0.25, 0.3) is 10.0 Å². The van der Waals surface area contributed by atoms with Crippen LogP contribution in [-0.2, 0) is 10.0 Å². The molecule has 0 bridgehead atoms. The largest absolute Gasteiger partial charge is 0.478 e. The SMILES string of the molecule is O=C(O)c1ccc(S(=O)(=O)Nc2nncs2)c(F)c1. The molecule has 0 saturated carbocycles. The summed E-state index contributed by atoms with van der Waals surface area (Å²) in [4.78, 5) is 9.96. The molecule has 0 aliphatic heterocycles. The van der Waals surface area contributed by atoms with E-state index in [9.17, 15) is 17.6 Å². The highest BCUT2D eigenvalue weighted by Crippen LogP contribution is 2.20. The Hall–Kier alpha value is -2.07. The summed E-state index contributed by atoms with van der Waals surface area (Å²) in [6.45, 7) is 0. The summed E-state index contributed by atoms with van der Waals surface area (Å²) in [6.07, 6.45) is 0. The van der Waals surface area contributed by atoms with Gasteiger partial charge in [-0.05, 0) is 18.2 Å². The first kappa shape index (κ1) is 13.4. The van der Waals surface area contributed by atoms with Gasteiger partial charge in [0, 0.05) is 0 Å². The maximum atomic E-state index is 13.6. The van der Waals surface area contributed by atoms with Crippen molar-refractivity contribution in [2.75, 3.05) is 4.72 Å². The van der Waals surface area contributed by atoms with Crippen LogP contribution in [0.4, 0.5) is 9.52 Å². The van der Waals surface area contributed by atoms with E-state index >= 15 is 0 Å². The van der Waals surface area contributed by atoms with E-state index in [1.54, 1.807) is 0 Å². The molecule has 0 saturated heterocycles. The minimum atomic E-state index is -4.17. The van der Waals surface area contributed by atoms with Crippen molar-refractivity contribution in [1.82, 2.24) is 10.2 Å². The molecule has 2 rings (SSSR count). The molecule has 0 spiro atoms. The van der Waals surface area contributed by atoms with Gasteiger partial charge in [0.1, 0.15) is 16.2 Å². The normalized spacial score (nSPS) is 11.2. The summed E-state index contributed by atoms with van der Waals surface area (Å²) in [7, 11) is -4.17. The van der Waals surface area contributed by atoms with Crippen molar-refractivity contribution in [1.29, 1.82) is 0 Å². The zero-order valence-electron chi connectivity index (χ0n) is 9.07. The van der Waals surface area contributed by atoms with E-state index in [2.05, 4.69) is 10.2 Å². The van der Waals surface area contributed by atoms with E-state index in [0.717, 1.165) is 23.5 Å². The lowest BCUT2D eigenvalue weighted by Crippen LogP contribution is -2.15. The van der Waals surface area contributed by atoms with Gasteiger partial charge in [-0.1, -0.05) is 11.3 Å². The van der Waals surface area contributed by atoms with Crippen LogP contribution in [0.1, 0.15) is 10.4 Å². The van der Waals surface area contributed by atoms with Gasteiger partial charge in [-0.25, -0.2) is 17.6 Å². The van der Waals surface area contributed by atoms with Crippen LogP contribution >= 0.6 is 11.3 Å². The van der Waals surface area contributed by atoms with Crippen molar-refractivity contribution in [2.45, 2.75) is 4.90 Å². The lowest BCUT2D eigenvalue weighted by molar-refractivity contribution is 0.0696. The van der Waals surface area contributed by atoms with E-state index < -0.39 is 26.7 Å². The fourth-order valence-electron chi connectivity index (χ4n) is 1.24. The first-order valence-electron chi connectivity index (χ1n) is 4.72. The monoisotopic (exact) mass is 303 g/mol. The third-order valence-corrected chi connectivity index (χ3v) is 4.16. The Labute approximate surface area is 110 Å². The van der Waals surface area contributed by atoms with Gasteiger partial charge in [0.05, 0.1) is 5.56 Å². The number of rotatable bonds is 4. The van der Waals surface area contributed by atoms with E-state index in [0.29, 0.717) is 6.07 Å². The van der Waals surface area contributed by atoms with Gasteiger partial charge < -0.3 is 5.11 Å². The highest BCUT2D eigenvalue weighted by molar-refractivity contribution is 7.93. The van der Waals surface area contributed by atoms with Crippen molar-refractivity contribution in [2.24, 2.45) is 0 Å². The third kappa shape index (κ3) is 2.85. The molecule has 100 valence electrons. The van der Waals surface area contributed by atoms with E-state index in [1.807, 2.05) is 4.72 Å². The molecular formula is C9H6FN3O4S2. The molecule has 0 aliphatic rings. The molecule has 2 N–H and O–H groups in total. The molecular weight excluding hydrogens is 297 g/mol. The van der Waals surface area contributed by atoms with Gasteiger partial charge in [-0.2, -0.15) is 0 Å². The predicted octanol–water partition coefficient (Wildman–Crippen LogP) is 1.18. The smallest absolute Gasteiger partial charge is 0.335 e. The second-order valence-corrected chi connectivity index (χ2v) is 5.78. The summed E-state index contributed by atoms with van der Waals surface area (Å²) in [5.41, 5.74) is 0.967. The molecule has 1 aromatic heterocycles. The summed E-state index contributed by atoms with van der Waals surface area (Å²) in [6, 6.07) is 2.51. The van der Waals surface area contributed by atoms with Gasteiger partial charge in [-0.3, -0.25) is 4.72 Å². The molecule has 1 aromatic carbocycles. The highest BCUT2D eigenvalue weighted by Gasteiger charge is 2.21. The number of carboxylic acids is 1. The average Bonchev–Trinajstić information content (AvgIpc) is 2.80. The zero-order chi connectivity index (χ0) is 14.0. The number of carbonyl (C=O) groups is 1. The van der Waals surface area contributed by atoms with Gasteiger partial charge in [-0.15, -0.1) is 10.2 Å². The van der Waals surface area contributed by atoms with Gasteiger partial charge in [0.15, 0.2) is 0 Å². The molecule has 1 heterocycles. The Kier molecular flexibility index (Phi) is 3.44. The van der Waals surface area contributed by atoms with Crippen LogP contribution in [0.5, 0.6) is 0 Å². The minimum Gasteiger partial charge on any atom is -0.478 e. The second-order valence-electron chi connectivity index (χ2n) is 3.30. The molecule has 0 amide bonds. The first-order chi connectivity index (χ1) is 8.90. The highest BCUT2D eigenvalue weighted by atomic mass is 32.2. The molecule has 0 atom stereocenters. The Balaban J connectivity index is 2.38. The van der Waals surface area contributed by atoms with Crippen molar-refractivity contribution in [3.05, 3.63) is 35.1 Å². The maximum absolute atomic E-state index is 13.6. The van der Waals surface area contributed by atoms with Crippen LogP contribution in [0, 0.1) is 5.82 Å². The van der Waals surface area contributed by atoms with E-state index in [4.69, 9.17) is 5.11 Å². The van der Waals surface area contributed by atoms with E-state index in [1.165, 1.54) is 5.51 Å². The number of benzene rings is 1. The number of sulfonamides is 1. The van der Waals surface area contributed by atoms with Gasteiger partial charge >= 0.3 is 5.97 Å². The Morgan fingerprint density at radius 3 is 2.68 bits per heavy atom. The molecule has 2 aromatic rings. The molecule has 0 unspecified atom stereocenters. The fourth-order valence-corrected chi connectivity index (χ4v) is 2.99. The molecule has 0 fully saturated rings. The number of aromatic carboxylic acids is 1. The lowest BCUT2D eigenvalue weighted by atomic mass is 10.2. The molecule has 0 radical (unpaired) electrons. The van der Waals surface area contributed by atoms with Crippen LogP contribution < -0.4 is 4.72 Å². The number of halogens is 1. The number of aromatic nitrogens is 2. The molecule has 7 nitrogen and oxygen atoms in total. The second kappa shape index (κ2) is 4.90. The Bertz CT molecular complexity index is 715. The maximum Gasteiger partial charge on any atom is 0.335 e. The molecule has 19 heavy (non-hydrogen) atoms.